The summed E-state index contributed by atoms with van der Waals surface area (Å²) < 4.78 is 111. The van der Waals surface area contributed by atoms with Crippen molar-refractivity contribution in [3.05, 3.63) is 106 Å². The van der Waals surface area contributed by atoms with Crippen molar-refractivity contribution in [3.63, 3.8) is 0 Å². The molecular weight excluding hydrogens is 532 g/mol. The second-order valence-electron chi connectivity index (χ2n) is 9.57. The first-order valence-corrected chi connectivity index (χ1v) is 12.2. The zero-order chi connectivity index (χ0) is 28.4. The number of carbonyl (C=O) groups excluding carboxylic acids is 1. The van der Waals surface area contributed by atoms with Crippen molar-refractivity contribution < 1.29 is 39.9 Å². The number of rotatable bonds is 6. The average Bonchev–Trinajstić information content (AvgIpc) is 3.35. The minimum absolute atomic E-state index is 0.251. The topological polar surface area (TPSA) is 41.1 Å². The fraction of sp³-hybridized carbons (Fsp3) is 0.321. The Morgan fingerprint density at radius 2 is 1.41 bits per heavy atom. The van der Waals surface area contributed by atoms with Crippen LogP contribution in [0.3, 0.4) is 0 Å². The highest BCUT2D eigenvalue weighted by atomic mass is 19.4. The molecule has 11 heteroatoms. The van der Waals surface area contributed by atoms with Gasteiger partial charge in [-0.1, -0.05) is 49.2 Å². The van der Waals surface area contributed by atoms with E-state index in [0.29, 0.717) is 36.6 Å². The van der Waals surface area contributed by atoms with E-state index in [1.807, 2.05) is 0 Å². The molecule has 0 radical (unpaired) electrons. The molecule has 1 aliphatic carbocycles. The first-order chi connectivity index (χ1) is 18.3. The quantitative estimate of drug-likeness (QED) is 0.300. The van der Waals surface area contributed by atoms with E-state index in [4.69, 9.17) is 0 Å². The number of benzene rings is 3. The third-order valence-electron chi connectivity index (χ3n) is 6.81. The van der Waals surface area contributed by atoms with Crippen molar-refractivity contribution in [2.75, 3.05) is 0 Å². The Bertz CT molecular complexity index is 1320. The number of nitrogens with one attached hydrogen (secondary N) is 2. The second-order valence-corrected chi connectivity index (χ2v) is 9.57. The number of urea groups is 1. The highest BCUT2D eigenvalue weighted by Crippen LogP contribution is 2.41. The van der Waals surface area contributed by atoms with E-state index in [1.54, 1.807) is 30.3 Å². The van der Waals surface area contributed by atoms with Crippen LogP contribution in [-0.2, 0) is 24.3 Å². The molecule has 208 valence electrons. The minimum atomic E-state index is -5.15. The van der Waals surface area contributed by atoms with E-state index in [2.05, 4.69) is 10.6 Å². The van der Waals surface area contributed by atoms with Gasteiger partial charge in [0.15, 0.2) is 0 Å². The third kappa shape index (κ3) is 6.51. The first kappa shape index (κ1) is 28.4. The van der Waals surface area contributed by atoms with E-state index in [-0.39, 0.29) is 24.1 Å². The van der Waals surface area contributed by atoms with Crippen LogP contribution in [0, 0.1) is 11.6 Å². The monoisotopic (exact) mass is 556 g/mol. The fourth-order valence-corrected chi connectivity index (χ4v) is 4.95. The maximum absolute atomic E-state index is 14.7. The van der Waals surface area contributed by atoms with Crippen molar-refractivity contribution in [2.45, 2.75) is 56.0 Å². The smallest absolute Gasteiger partial charge is 0.335 e. The van der Waals surface area contributed by atoms with Crippen LogP contribution in [0.5, 0.6) is 0 Å². The highest BCUT2D eigenvalue weighted by molar-refractivity contribution is 5.76. The Hall–Kier alpha value is -3.63. The number of hydrogen-bond donors (Lipinski definition) is 2. The van der Waals surface area contributed by atoms with Gasteiger partial charge < -0.3 is 10.6 Å². The van der Waals surface area contributed by atoms with Crippen molar-refractivity contribution in [3.8, 4) is 0 Å². The number of carbonyl (C=O) groups is 1. The molecule has 0 aliphatic heterocycles. The summed E-state index contributed by atoms with van der Waals surface area (Å²) in [5, 5.41) is 5.28. The van der Waals surface area contributed by atoms with Gasteiger partial charge >= 0.3 is 18.4 Å². The van der Waals surface area contributed by atoms with Crippen LogP contribution in [0.2, 0.25) is 0 Å². The molecule has 0 aromatic heterocycles. The van der Waals surface area contributed by atoms with Crippen LogP contribution in [-0.4, -0.2) is 12.1 Å². The van der Waals surface area contributed by atoms with Gasteiger partial charge in [0.2, 0.25) is 0 Å². The second kappa shape index (κ2) is 10.9. The van der Waals surface area contributed by atoms with Gasteiger partial charge in [-0.15, -0.1) is 0 Å². The Morgan fingerprint density at radius 3 is 2.03 bits per heavy atom. The van der Waals surface area contributed by atoms with E-state index < -0.39 is 52.2 Å². The van der Waals surface area contributed by atoms with Gasteiger partial charge in [0, 0.05) is 12.5 Å². The fourth-order valence-electron chi connectivity index (χ4n) is 4.95. The SMILES string of the molecule is O=C(NC1CCCC1)N[C@](Cc1ccccc1)(c1cc(F)cc(C(F)(F)F)c1)c1ccc(F)c(C(F)(F)F)c1. The van der Waals surface area contributed by atoms with Gasteiger partial charge in [-0.3, -0.25) is 0 Å². The van der Waals surface area contributed by atoms with Crippen molar-refractivity contribution in [2.24, 2.45) is 0 Å². The molecule has 1 saturated carbocycles. The Kier molecular flexibility index (Phi) is 7.90. The summed E-state index contributed by atoms with van der Waals surface area (Å²) >= 11 is 0. The molecule has 0 spiro atoms. The zero-order valence-corrected chi connectivity index (χ0v) is 20.4. The summed E-state index contributed by atoms with van der Waals surface area (Å²) in [5.74, 6) is -2.92. The maximum Gasteiger partial charge on any atom is 0.419 e. The molecule has 0 unspecified atom stereocenters. The molecule has 39 heavy (non-hydrogen) atoms. The van der Waals surface area contributed by atoms with Crippen LogP contribution in [0.4, 0.5) is 39.9 Å². The summed E-state index contributed by atoms with van der Waals surface area (Å²) in [6.07, 6.45) is -7.55. The van der Waals surface area contributed by atoms with Gasteiger partial charge in [0.25, 0.3) is 0 Å². The number of halogens is 8. The molecule has 2 N–H and O–H groups in total. The molecule has 3 aromatic carbocycles. The number of amides is 2. The summed E-state index contributed by atoms with van der Waals surface area (Å²) in [4.78, 5) is 13.2. The Morgan fingerprint density at radius 1 is 0.769 bits per heavy atom. The molecule has 4 rings (SSSR count). The molecule has 0 bridgehead atoms. The van der Waals surface area contributed by atoms with Crippen molar-refractivity contribution >= 4 is 6.03 Å². The lowest BCUT2D eigenvalue weighted by Crippen LogP contribution is -2.54. The predicted octanol–water partition coefficient (Wildman–Crippen LogP) is 7.73. The van der Waals surface area contributed by atoms with Crippen LogP contribution in [0.25, 0.3) is 0 Å². The standard InChI is InChI=1S/C28H24F8N2O/c29-21-13-19(12-20(14-21)27(31,32)33)26(16-17-6-2-1-3-7-17,38-25(39)37-22-8-4-5-9-22)18-10-11-24(30)23(15-18)28(34,35)36/h1-3,6-7,10-15,22H,4-5,8-9,16H2,(H2,37,38,39)/t26-/m0/s1. The first-order valence-electron chi connectivity index (χ1n) is 12.2. The zero-order valence-electron chi connectivity index (χ0n) is 20.4. The summed E-state index contributed by atoms with van der Waals surface area (Å²) in [6.45, 7) is 0. The summed E-state index contributed by atoms with van der Waals surface area (Å²) in [5.41, 5.74) is -5.65. The van der Waals surface area contributed by atoms with Gasteiger partial charge in [0.05, 0.1) is 16.7 Å². The van der Waals surface area contributed by atoms with Crippen molar-refractivity contribution in [1.29, 1.82) is 0 Å². The van der Waals surface area contributed by atoms with Gasteiger partial charge in [-0.05, 0) is 59.9 Å². The van der Waals surface area contributed by atoms with E-state index in [1.165, 1.54) is 0 Å². The van der Waals surface area contributed by atoms with E-state index in [0.717, 1.165) is 25.0 Å². The van der Waals surface area contributed by atoms with Crippen molar-refractivity contribution in [1.82, 2.24) is 10.6 Å². The van der Waals surface area contributed by atoms with Gasteiger partial charge in [-0.2, -0.15) is 26.3 Å². The predicted molar refractivity (Wildman–Crippen MR) is 128 cm³/mol. The Labute approximate surface area is 219 Å². The normalized spacial score (nSPS) is 16.1. The number of hydrogen-bond acceptors (Lipinski definition) is 1. The Balaban J connectivity index is 1.98. The van der Waals surface area contributed by atoms with Gasteiger partial charge in [0.1, 0.15) is 11.6 Å². The molecular formula is C28H24F8N2O. The van der Waals surface area contributed by atoms with E-state index >= 15 is 0 Å². The minimum Gasteiger partial charge on any atom is -0.335 e. The third-order valence-corrected chi connectivity index (χ3v) is 6.81. The average molecular weight is 556 g/mol. The lowest BCUT2D eigenvalue weighted by Gasteiger charge is -2.37. The van der Waals surface area contributed by atoms with Crippen LogP contribution < -0.4 is 10.6 Å². The molecule has 3 nitrogen and oxygen atoms in total. The molecule has 3 aromatic rings. The van der Waals surface area contributed by atoms with Crippen LogP contribution >= 0.6 is 0 Å². The molecule has 0 saturated heterocycles. The largest absolute Gasteiger partial charge is 0.419 e. The highest BCUT2D eigenvalue weighted by Gasteiger charge is 2.42. The maximum atomic E-state index is 14.7. The van der Waals surface area contributed by atoms with Crippen LogP contribution in [0.1, 0.15) is 53.5 Å². The van der Waals surface area contributed by atoms with Gasteiger partial charge in [-0.25, -0.2) is 13.6 Å². The molecule has 1 fully saturated rings. The van der Waals surface area contributed by atoms with E-state index in [9.17, 15) is 39.9 Å². The number of alkyl halides is 6. The van der Waals surface area contributed by atoms with Crippen LogP contribution in [0.15, 0.2) is 66.7 Å². The summed E-state index contributed by atoms with van der Waals surface area (Å²) in [6, 6.07) is 10.3. The molecule has 1 aliphatic rings. The molecule has 2 amide bonds. The molecule has 1 atom stereocenters. The molecule has 0 heterocycles. The summed E-state index contributed by atoms with van der Waals surface area (Å²) in [7, 11) is 0. The lowest BCUT2D eigenvalue weighted by atomic mass is 9.77. The lowest BCUT2D eigenvalue weighted by molar-refractivity contribution is -0.140.